The standard InChI is InChI=1S/C14H25N3/c1-4-5-6-7-8-9-10-15-14-11-12(2)16-13(3)17-14/h11H,4-10H2,1-3H3,(H,15,16,17). The van der Waals surface area contributed by atoms with Crippen molar-refractivity contribution in [3.8, 4) is 0 Å². The van der Waals surface area contributed by atoms with Crippen LogP contribution >= 0.6 is 0 Å². The van der Waals surface area contributed by atoms with Gasteiger partial charge in [0, 0.05) is 18.3 Å². The first-order chi connectivity index (χ1) is 8.22. The molecule has 0 spiro atoms. The Hall–Kier alpha value is -1.12. The molecule has 17 heavy (non-hydrogen) atoms. The van der Waals surface area contributed by atoms with Crippen LogP contribution < -0.4 is 5.32 Å². The highest BCUT2D eigenvalue weighted by Crippen LogP contribution is 2.08. The minimum atomic E-state index is 0.843. The summed E-state index contributed by atoms with van der Waals surface area (Å²) in [6, 6.07) is 2.00. The Bertz CT molecular complexity index is 303. The third-order valence-electron chi connectivity index (χ3n) is 2.80. The van der Waals surface area contributed by atoms with E-state index in [9.17, 15) is 0 Å². The number of hydrogen-bond donors (Lipinski definition) is 1. The summed E-state index contributed by atoms with van der Waals surface area (Å²) < 4.78 is 0. The zero-order chi connectivity index (χ0) is 12.5. The fraction of sp³-hybridized carbons (Fsp3) is 0.714. The Morgan fingerprint density at radius 2 is 1.71 bits per heavy atom. The molecule has 0 saturated carbocycles. The second-order valence-electron chi connectivity index (χ2n) is 4.64. The summed E-state index contributed by atoms with van der Waals surface area (Å²) in [5.41, 5.74) is 1.03. The number of unbranched alkanes of at least 4 members (excludes halogenated alkanes) is 5. The van der Waals surface area contributed by atoms with Gasteiger partial charge in [0.05, 0.1) is 0 Å². The lowest BCUT2D eigenvalue weighted by Crippen LogP contribution is -2.05. The van der Waals surface area contributed by atoms with Gasteiger partial charge < -0.3 is 5.32 Å². The van der Waals surface area contributed by atoms with Gasteiger partial charge in [0.25, 0.3) is 0 Å². The van der Waals surface area contributed by atoms with Gasteiger partial charge in [-0.25, -0.2) is 9.97 Å². The molecule has 0 aliphatic heterocycles. The quantitative estimate of drug-likeness (QED) is 0.695. The molecule has 0 saturated heterocycles. The first-order valence-corrected chi connectivity index (χ1v) is 6.78. The Labute approximate surface area is 105 Å². The monoisotopic (exact) mass is 235 g/mol. The Kier molecular flexibility index (Phi) is 6.60. The second kappa shape index (κ2) is 8.04. The van der Waals surface area contributed by atoms with Crippen molar-refractivity contribution in [3.05, 3.63) is 17.6 Å². The van der Waals surface area contributed by atoms with Crippen LogP contribution in [0.5, 0.6) is 0 Å². The highest BCUT2D eigenvalue weighted by Gasteiger charge is 1.97. The number of anilines is 1. The van der Waals surface area contributed by atoms with Gasteiger partial charge >= 0.3 is 0 Å². The van der Waals surface area contributed by atoms with Gasteiger partial charge in [-0.1, -0.05) is 39.0 Å². The molecule has 3 heteroatoms. The fourth-order valence-corrected chi connectivity index (χ4v) is 1.93. The molecule has 0 fully saturated rings. The number of hydrogen-bond acceptors (Lipinski definition) is 3. The molecule has 0 radical (unpaired) electrons. The van der Waals surface area contributed by atoms with Gasteiger partial charge in [0.15, 0.2) is 0 Å². The van der Waals surface area contributed by atoms with Crippen LogP contribution in [-0.2, 0) is 0 Å². The topological polar surface area (TPSA) is 37.8 Å². The Balaban J connectivity index is 2.13. The first kappa shape index (κ1) is 13.9. The molecule has 1 rings (SSSR count). The van der Waals surface area contributed by atoms with Gasteiger partial charge in [0.1, 0.15) is 11.6 Å². The van der Waals surface area contributed by atoms with Crippen LogP contribution in [0.1, 0.15) is 57.0 Å². The molecule has 0 amide bonds. The van der Waals surface area contributed by atoms with Gasteiger partial charge in [-0.3, -0.25) is 0 Å². The average molecular weight is 235 g/mol. The summed E-state index contributed by atoms with van der Waals surface area (Å²) in [6.45, 7) is 7.21. The normalized spacial score (nSPS) is 10.5. The number of rotatable bonds is 8. The average Bonchev–Trinajstić information content (AvgIpc) is 2.26. The third-order valence-corrected chi connectivity index (χ3v) is 2.80. The summed E-state index contributed by atoms with van der Waals surface area (Å²) in [5, 5.41) is 3.37. The third kappa shape index (κ3) is 6.25. The summed E-state index contributed by atoms with van der Waals surface area (Å²) in [7, 11) is 0. The van der Waals surface area contributed by atoms with E-state index in [4.69, 9.17) is 0 Å². The maximum atomic E-state index is 4.36. The van der Waals surface area contributed by atoms with Crippen molar-refractivity contribution in [2.24, 2.45) is 0 Å². The van der Waals surface area contributed by atoms with Gasteiger partial charge in [-0.2, -0.15) is 0 Å². The fourth-order valence-electron chi connectivity index (χ4n) is 1.93. The van der Waals surface area contributed by atoms with E-state index in [0.717, 1.165) is 23.9 Å². The van der Waals surface area contributed by atoms with E-state index in [-0.39, 0.29) is 0 Å². The number of nitrogens with one attached hydrogen (secondary N) is 1. The van der Waals surface area contributed by atoms with Crippen LogP contribution in [0.25, 0.3) is 0 Å². The van der Waals surface area contributed by atoms with Gasteiger partial charge in [-0.05, 0) is 20.3 Å². The second-order valence-corrected chi connectivity index (χ2v) is 4.64. The molecule has 1 aromatic rings. The highest BCUT2D eigenvalue weighted by atomic mass is 15.0. The molecule has 1 aromatic heterocycles. The van der Waals surface area contributed by atoms with Crippen molar-refractivity contribution >= 4 is 5.82 Å². The smallest absolute Gasteiger partial charge is 0.129 e. The largest absolute Gasteiger partial charge is 0.370 e. The highest BCUT2D eigenvalue weighted by molar-refractivity contribution is 5.35. The number of aryl methyl sites for hydroxylation is 2. The molecule has 1 heterocycles. The molecule has 96 valence electrons. The Morgan fingerprint density at radius 3 is 2.41 bits per heavy atom. The molecule has 0 bridgehead atoms. The molecule has 0 atom stereocenters. The predicted molar refractivity (Wildman–Crippen MR) is 73.4 cm³/mol. The molecule has 0 aromatic carbocycles. The lowest BCUT2D eigenvalue weighted by molar-refractivity contribution is 0.616. The predicted octanol–water partition coefficient (Wildman–Crippen LogP) is 3.87. The molecule has 0 aliphatic rings. The maximum Gasteiger partial charge on any atom is 0.129 e. The summed E-state index contributed by atoms with van der Waals surface area (Å²) in [4.78, 5) is 8.62. The van der Waals surface area contributed by atoms with Crippen LogP contribution in [0.15, 0.2) is 6.07 Å². The lowest BCUT2D eigenvalue weighted by Gasteiger charge is -2.06. The Morgan fingerprint density at radius 1 is 1.00 bits per heavy atom. The summed E-state index contributed by atoms with van der Waals surface area (Å²) in [6.07, 6.45) is 7.97. The molecular weight excluding hydrogens is 210 g/mol. The molecule has 0 aliphatic carbocycles. The van der Waals surface area contributed by atoms with Crippen LogP contribution in [0.4, 0.5) is 5.82 Å². The number of nitrogens with zero attached hydrogens (tertiary/aromatic N) is 2. The van der Waals surface area contributed by atoms with E-state index in [2.05, 4.69) is 22.2 Å². The van der Waals surface area contributed by atoms with Crippen LogP contribution in [0.2, 0.25) is 0 Å². The van der Waals surface area contributed by atoms with E-state index < -0.39 is 0 Å². The van der Waals surface area contributed by atoms with Gasteiger partial charge in [-0.15, -0.1) is 0 Å². The van der Waals surface area contributed by atoms with Crippen LogP contribution in [-0.4, -0.2) is 16.5 Å². The molecule has 1 N–H and O–H groups in total. The van der Waals surface area contributed by atoms with Crippen molar-refractivity contribution in [1.82, 2.24) is 9.97 Å². The van der Waals surface area contributed by atoms with Gasteiger partial charge in [0.2, 0.25) is 0 Å². The summed E-state index contributed by atoms with van der Waals surface area (Å²) in [5.74, 6) is 1.80. The van der Waals surface area contributed by atoms with Crippen molar-refractivity contribution in [3.63, 3.8) is 0 Å². The maximum absolute atomic E-state index is 4.36. The molecular formula is C14H25N3. The van der Waals surface area contributed by atoms with Crippen LogP contribution in [0.3, 0.4) is 0 Å². The van der Waals surface area contributed by atoms with E-state index in [0.29, 0.717) is 0 Å². The van der Waals surface area contributed by atoms with Crippen molar-refractivity contribution in [2.45, 2.75) is 59.3 Å². The zero-order valence-electron chi connectivity index (χ0n) is 11.4. The summed E-state index contributed by atoms with van der Waals surface area (Å²) >= 11 is 0. The lowest BCUT2D eigenvalue weighted by atomic mass is 10.1. The molecule has 0 unspecified atom stereocenters. The van der Waals surface area contributed by atoms with E-state index in [1.165, 1.54) is 38.5 Å². The minimum Gasteiger partial charge on any atom is -0.370 e. The van der Waals surface area contributed by atoms with Crippen molar-refractivity contribution in [2.75, 3.05) is 11.9 Å². The van der Waals surface area contributed by atoms with Crippen molar-refractivity contribution in [1.29, 1.82) is 0 Å². The van der Waals surface area contributed by atoms with E-state index >= 15 is 0 Å². The number of aromatic nitrogens is 2. The SMILES string of the molecule is CCCCCCCCNc1cc(C)nc(C)n1. The van der Waals surface area contributed by atoms with E-state index in [1.807, 2.05) is 19.9 Å². The van der Waals surface area contributed by atoms with Crippen molar-refractivity contribution < 1.29 is 0 Å². The first-order valence-electron chi connectivity index (χ1n) is 6.78. The zero-order valence-corrected chi connectivity index (χ0v) is 11.4. The minimum absolute atomic E-state index is 0.843. The molecule has 3 nitrogen and oxygen atoms in total. The van der Waals surface area contributed by atoms with Crippen LogP contribution in [0, 0.1) is 13.8 Å². The van der Waals surface area contributed by atoms with E-state index in [1.54, 1.807) is 0 Å².